The summed E-state index contributed by atoms with van der Waals surface area (Å²) in [7, 11) is 0. The minimum absolute atomic E-state index is 0.0964. The van der Waals surface area contributed by atoms with Crippen molar-refractivity contribution in [2.75, 3.05) is 0 Å². The molecule has 4 N–H and O–H groups in total. The minimum Gasteiger partial charge on any atom is -0.390 e. The zero-order valence-electron chi connectivity index (χ0n) is 28.7. The Kier molecular flexibility index (Phi) is 7.98. The van der Waals surface area contributed by atoms with Crippen molar-refractivity contribution in [2.24, 2.45) is 0 Å². The average Bonchev–Trinajstić information content (AvgIpc) is 3.24. The van der Waals surface area contributed by atoms with Crippen LogP contribution in [0.5, 0.6) is 0 Å². The SMILES string of the molecule is CC(C)(C)c1cc(CC(C)(O)c2ccc3c(C(C)(C)C)ccc(C(C)(C)O)c3c2)c(C(C)(C)O)c2c1C=CC2C(C)(C)O. The van der Waals surface area contributed by atoms with Crippen LogP contribution in [0.4, 0.5) is 0 Å². The van der Waals surface area contributed by atoms with Gasteiger partial charge in [-0.2, -0.15) is 0 Å². The van der Waals surface area contributed by atoms with Gasteiger partial charge >= 0.3 is 0 Å². The van der Waals surface area contributed by atoms with Gasteiger partial charge in [-0.05, 0) is 121 Å². The fraction of sp³-hybridized carbons (Fsp3) is 0.538. The molecule has 0 heterocycles. The Morgan fingerprint density at radius 2 is 1.16 bits per heavy atom. The maximum absolute atomic E-state index is 12.3. The molecule has 0 spiro atoms. The van der Waals surface area contributed by atoms with Crippen molar-refractivity contribution < 1.29 is 20.4 Å². The van der Waals surface area contributed by atoms with Crippen LogP contribution >= 0.6 is 0 Å². The standard InChI is InChI=1S/C39H54O4/c1-34(2,3)28-18-19-29(36(7,8)40)27-21-24(14-15-25(27)28)39(13,43)22-23-20-31(35(4,5)6)26-16-17-30(37(9,10)41)32(26)33(23)38(11,12)42/h14-21,30,40-43H,22H2,1-13H3. The highest BCUT2D eigenvalue weighted by Gasteiger charge is 2.41. The molecule has 0 aromatic heterocycles. The molecule has 2 unspecified atom stereocenters. The lowest BCUT2D eigenvalue weighted by molar-refractivity contribution is 0.0489. The molecule has 1 aliphatic rings. The molecular weight excluding hydrogens is 532 g/mol. The fourth-order valence-electron chi connectivity index (χ4n) is 6.98. The first-order valence-corrected chi connectivity index (χ1v) is 15.6. The zero-order valence-corrected chi connectivity index (χ0v) is 28.7. The molecule has 3 aromatic rings. The smallest absolute Gasteiger partial charge is 0.0909 e. The highest BCUT2D eigenvalue weighted by Crippen LogP contribution is 2.49. The van der Waals surface area contributed by atoms with E-state index in [9.17, 15) is 20.4 Å². The molecule has 43 heavy (non-hydrogen) atoms. The van der Waals surface area contributed by atoms with E-state index >= 15 is 0 Å². The van der Waals surface area contributed by atoms with Crippen molar-refractivity contribution in [3.63, 3.8) is 0 Å². The van der Waals surface area contributed by atoms with Gasteiger partial charge in [0.15, 0.2) is 0 Å². The van der Waals surface area contributed by atoms with Crippen LogP contribution in [0.2, 0.25) is 0 Å². The summed E-state index contributed by atoms with van der Waals surface area (Å²) in [6.07, 6.45) is 4.40. The quantitative estimate of drug-likeness (QED) is 0.235. The summed E-state index contributed by atoms with van der Waals surface area (Å²) in [5, 5.41) is 48.2. The lowest BCUT2D eigenvalue weighted by atomic mass is 9.71. The van der Waals surface area contributed by atoms with E-state index in [1.54, 1.807) is 27.7 Å². The minimum atomic E-state index is -1.29. The third-order valence-electron chi connectivity index (χ3n) is 9.08. The van der Waals surface area contributed by atoms with Crippen molar-refractivity contribution in [1.82, 2.24) is 0 Å². The number of aliphatic hydroxyl groups is 4. The van der Waals surface area contributed by atoms with E-state index in [0.717, 1.165) is 49.7 Å². The van der Waals surface area contributed by atoms with Crippen LogP contribution in [0.15, 0.2) is 42.5 Å². The van der Waals surface area contributed by atoms with E-state index in [2.05, 4.69) is 65.8 Å². The molecular formula is C39H54O4. The Labute approximate surface area is 259 Å². The number of rotatable bonds is 6. The average molecular weight is 587 g/mol. The van der Waals surface area contributed by atoms with Gasteiger partial charge < -0.3 is 20.4 Å². The van der Waals surface area contributed by atoms with Crippen LogP contribution in [-0.4, -0.2) is 26.0 Å². The van der Waals surface area contributed by atoms with E-state index in [4.69, 9.17) is 0 Å². The van der Waals surface area contributed by atoms with Gasteiger partial charge in [-0.15, -0.1) is 0 Å². The van der Waals surface area contributed by atoms with Gasteiger partial charge in [0, 0.05) is 12.3 Å². The molecule has 3 aromatic carbocycles. The summed E-state index contributed by atoms with van der Waals surface area (Å²) in [4.78, 5) is 0. The van der Waals surface area contributed by atoms with Gasteiger partial charge in [0.2, 0.25) is 0 Å². The van der Waals surface area contributed by atoms with Crippen molar-refractivity contribution in [1.29, 1.82) is 0 Å². The zero-order chi connectivity index (χ0) is 32.7. The van der Waals surface area contributed by atoms with Crippen molar-refractivity contribution in [2.45, 2.75) is 136 Å². The summed E-state index contributed by atoms with van der Waals surface area (Å²) < 4.78 is 0. The summed E-state index contributed by atoms with van der Waals surface area (Å²) >= 11 is 0. The molecule has 0 fully saturated rings. The first-order valence-electron chi connectivity index (χ1n) is 15.6. The predicted octanol–water partition coefficient (Wildman–Crippen LogP) is 8.22. The third-order valence-corrected chi connectivity index (χ3v) is 9.08. The Hall–Kier alpha value is -2.50. The molecule has 0 radical (unpaired) electrons. The topological polar surface area (TPSA) is 80.9 Å². The van der Waals surface area contributed by atoms with Crippen LogP contribution in [0.1, 0.15) is 140 Å². The lowest BCUT2D eigenvalue weighted by Crippen LogP contribution is -2.33. The molecule has 0 saturated heterocycles. The Balaban J connectivity index is 1.98. The highest BCUT2D eigenvalue weighted by atomic mass is 16.3. The Bertz CT molecular complexity index is 1570. The lowest BCUT2D eigenvalue weighted by Gasteiger charge is -2.36. The number of hydrogen-bond donors (Lipinski definition) is 4. The molecule has 0 amide bonds. The molecule has 0 bridgehead atoms. The number of fused-ring (bicyclic) bond motifs is 2. The number of benzene rings is 3. The number of hydrogen-bond acceptors (Lipinski definition) is 4. The summed E-state index contributed by atoms with van der Waals surface area (Å²) in [6, 6.07) is 12.4. The largest absolute Gasteiger partial charge is 0.390 e. The Morgan fingerprint density at radius 3 is 1.65 bits per heavy atom. The second-order valence-electron chi connectivity index (χ2n) is 16.8. The normalized spacial score (nSPS) is 17.8. The van der Waals surface area contributed by atoms with Gasteiger partial charge in [0.05, 0.1) is 22.4 Å². The van der Waals surface area contributed by atoms with Crippen LogP contribution in [-0.2, 0) is 34.1 Å². The van der Waals surface area contributed by atoms with Crippen LogP contribution < -0.4 is 0 Å². The maximum Gasteiger partial charge on any atom is 0.0909 e. The van der Waals surface area contributed by atoms with Crippen molar-refractivity contribution in [3.05, 3.63) is 87.0 Å². The van der Waals surface area contributed by atoms with Crippen molar-refractivity contribution >= 4 is 16.8 Å². The van der Waals surface area contributed by atoms with Crippen LogP contribution in [0.25, 0.3) is 16.8 Å². The second-order valence-corrected chi connectivity index (χ2v) is 16.8. The van der Waals surface area contributed by atoms with Gasteiger partial charge in [0.25, 0.3) is 0 Å². The summed E-state index contributed by atoms with van der Waals surface area (Å²) in [5.74, 6) is -0.291. The first-order chi connectivity index (χ1) is 19.2. The van der Waals surface area contributed by atoms with E-state index < -0.39 is 22.4 Å². The van der Waals surface area contributed by atoms with Gasteiger partial charge in [-0.3, -0.25) is 0 Å². The first kappa shape index (κ1) is 33.4. The molecule has 0 saturated carbocycles. The molecule has 4 rings (SSSR count). The monoisotopic (exact) mass is 586 g/mol. The van der Waals surface area contributed by atoms with Gasteiger partial charge in [0.1, 0.15) is 0 Å². The molecule has 0 aliphatic heterocycles. The van der Waals surface area contributed by atoms with E-state index in [1.165, 1.54) is 5.56 Å². The Morgan fingerprint density at radius 1 is 0.605 bits per heavy atom. The molecule has 4 nitrogen and oxygen atoms in total. The second kappa shape index (κ2) is 10.3. The summed E-state index contributed by atoms with van der Waals surface area (Å²) in [6.45, 7) is 25.7. The summed E-state index contributed by atoms with van der Waals surface area (Å²) in [5.41, 5.74) is 2.61. The fourth-order valence-corrected chi connectivity index (χ4v) is 6.98. The van der Waals surface area contributed by atoms with E-state index in [0.29, 0.717) is 0 Å². The highest BCUT2D eigenvalue weighted by molar-refractivity contribution is 5.91. The van der Waals surface area contributed by atoms with Gasteiger partial charge in [-0.25, -0.2) is 0 Å². The van der Waals surface area contributed by atoms with Crippen molar-refractivity contribution in [3.8, 4) is 0 Å². The van der Waals surface area contributed by atoms with Crippen LogP contribution in [0.3, 0.4) is 0 Å². The molecule has 234 valence electrons. The maximum atomic E-state index is 12.3. The van der Waals surface area contributed by atoms with E-state index in [1.807, 2.05) is 45.0 Å². The van der Waals surface area contributed by atoms with Gasteiger partial charge in [-0.1, -0.05) is 84.0 Å². The third kappa shape index (κ3) is 6.35. The molecule has 2 atom stereocenters. The predicted molar refractivity (Wildman–Crippen MR) is 180 cm³/mol. The van der Waals surface area contributed by atoms with E-state index in [-0.39, 0.29) is 23.2 Å². The van der Waals surface area contributed by atoms with Crippen LogP contribution in [0, 0.1) is 0 Å². The molecule has 1 aliphatic carbocycles. The molecule has 4 heteroatoms.